The lowest BCUT2D eigenvalue weighted by molar-refractivity contribution is -0.928. The molecule has 1 aliphatic heterocycles. The van der Waals surface area contributed by atoms with E-state index in [1.165, 1.54) is 31.5 Å². The zero-order chi connectivity index (χ0) is 22.7. The molecule has 0 unspecified atom stereocenters. The average molecular weight is 436 g/mol. The molecule has 2 aromatic carbocycles. The van der Waals surface area contributed by atoms with Crippen LogP contribution in [-0.2, 0) is 13.6 Å². The maximum atomic E-state index is 13.1. The number of ketones is 1. The quantitative estimate of drug-likeness (QED) is 0.360. The molecule has 2 heterocycles. The van der Waals surface area contributed by atoms with Crippen molar-refractivity contribution in [2.45, 2.75) is 32.2 Å². The van der Waals surface area contributed by atoms with Crippen LogP contribution in [0.3, 0.4) is 0 Å². The third kappa shape index (κ3) is 4.68. The standard InChI is InChI=1S/C27H35N2O3/c1-28-23-18-27(32-4)26(31-3)17-22(23)16-24(28)25(30)11-10-20-12-14-29(2,15-13-20)19-21-8-6-5-7-9-21/h5-9,16-18,20H,10-15,19H2,1-4H3/q+1. The maximum absolute atomic E-state index is 13.1. The molecular weight excluding hydrogens is 400 g/mol. The molecule has 32 heavy (non-hydrogen) atoms. The van der Waals surface area contributed by atoms with Crippen molar-refractivity contribution >= 4 is 16.7 Å². The van der Waals surface area contributed by atoms with Gasteiger partial charge in [-0.3, -0.25) is 4.79 Å². The first kappa shape index (κ1) is 22.4. The first-order chi connectivity index (χ1) is 15.4. The largest absolute Gasteiger partial charge is 0.493 e. The Kier molecular flexibility index (Phi) is 6.56. The Morgan fingerprint density at radius 1 is 1.03 bits per heavy atom. The zero-order valence-electron chi connectivity index (χ0n) is 19.8. The van der Waals surface area contributed by atoms with E-state index in [0.717, 1.165) is 34.0 Å². The van der Waals surface area contributed by atoms with Gasteiger partial charge in [0.1, 0.15) is 6.54 Å². The molecule has 0 atom stereocenters. The van der Waals surface area contributed by atoms with Gasteiger partial charge in [0.05, 0.1) is 45.6 Å². The Morgan fingerprint density at radius 2 is 1.69 bits per heavy atom. The van der Waals surface area contributed by atoms with Crippen LogP contribution in [0, 0.1) is 5.92 Å². The van der Waals surface area contributed by atoms with Gasteiger partial charge in [0.2, 0.25) is 0 Å². The molecule has 0 saturated carbocycles. The van der Waals surface area contributed by atoms with Crippen LogP contribution in [0.4, 0.5) is 0 Å². The van der Waals surface area contributed by atoms with E-state index < -0.39 is 0 Å². The molecule has 0 radical (unpaired) electrons. The van der Waals surface area contributed by atoms with Crippen molar-refractivity contribution in [2.24, 2.45) is 13.0 Å². The van der Waals surface area contributed by atoms with Crippen LogP contribution < -0.4 is 9.47 Å². The number of nitrogens with zero attached hydrogens (tertiary/aromatic N) is 2. The minimum absolute atomic E-state index is 0.216. The molecule has 5 heteroatoms. The zero-order valence-corrected chi connectivity index (χ0v) is 19.8. The molecule has 0 N–H and O–H groups in total. The number of aryl methyl sites for hydroxylation is 1. The van der Waals surface area contributed by atoms with Crippen LogP contribution in [0.25, 0.3) is 10.9 Å². The van der Waals surface area contributed by atoms with E-state index in [1.807, 2.05) is 29.8 Å². The number of hydrogen-bond donors (Lipinski definition) is 0. The summed E-state index contributed by atoms with van der Waals surface area (Å²) in [5.41, 5.74) is 3.15. The second-order valence-electron chi connectivity index (χ2n) is 9.47. The van der Waals surface area contributed by atoms with E-state index in [9.17, 15) is 4.79 Å². The highest BCUT2D eigenvalue weighted by atomic mass is 16.5. The van der Waals surface area contributed by atoms with Crippen molar-refractivity contribution in [3.8, 4) is 11.5 Å². The molecule has 1 fully saturated rings. The van der Waals surface area contributed by atoms with Crippen LogP contribution in [0.15, 0.2) is 48.5 Å². The Hall–Kier alpha value is -2.79. The number of fused-ring (bicyclic) bond motifs is 1. The fraction of sp³-hybridized carbons (Fsp3) is 0.444. The summed E-state index contributed by atoms with van der Waals surface area (Å²) in [6.07, 6.45) is 3.96. The number of carbonyl (C=O) groups is 1. The number of piperidine rings is 1. The van der Waals surface area contributed by atoms with Crippen LogP contribution in [0.5, 0.6) is 11.5 Å². The number of quaternary nitrogens is 1. The van der Waals surface area contributed by atoms with Crippen molar-refractivity contribution in [3.63, 3.8) is 0 Å². The monoisotopic (exact) mass is 435 g/mol. The van der Waals surface area contributed by atoms with Gasteiger partial charge in [-0.25, -0.2) is 0 Å². The van der Waals surface area contributed by atoms with Gasteiger partial charge in [0.15, 0.2) is 17.3 Å². The molecule has 1 aromatic heterocycles. The number of Topliss-reactive ketones (excluding diaryl/α,β-unsaturated/α-hetero) is 1. The SMILES string of the molecule is COc1cc2cc(C(=O)CCC3CC[N+](C)(Cc4ccccc4)CC3)n(C)c2cc1OC. The summed E-state index contributed by atoms with van der Waals surface area (Å²) in [5.74, 6) is 2.21. The number of likely N-dealkylation sites (tertiary alicyclic amines) is 1. The van der Waals surface area contributed by atoms with E-state index in [-0.39, 0.29) is 5.78 Å². The van der Waals surface area contributed by atoms with E-state index in [2.05, 4.69) is 37.4 Å². The number of hydrogen-bond acceptors (Lipinski definition) is 3. The minimum atomic E-state index is 0.216. The Morgan fingerprint density at radius 3 is 2.34 bits per heavy atom. The van der Waals surface area contributed by atoms with Crippen molar-refractivity contribution in [1.82, 2.24) is 4.57 Å². The van der Waals surface area contributed by atoms with Gasteiger partial charge < -0.3 is 18.5 Å². The van der Waals surface area contributed by atoms with Crippen molar-refractivity contribution in [3.05, 3.63) is 59.8 Å². The van der Waals surface area contributed by atoms with Gasteiger partial charge in [-0.05, 0) is 37.3 Å². The van der Waals surface area contributed by atoms with E-state index in [4.69, 9.17) is 9.47 Å². The predicted octanol–water partition coefficient (Wildman–Crippen LogP) is 5.22. The third-order valence-corrected chi connectivity index (χ3v) is 7.17. The summed E-state index contributed by atoms with van der Waals surface area (Å²) in [6, 6.07) is 16.6. The van der Waals surface area contributed by atoms with Gasteiger partial charge in [-0.15, -0.1) is 0 Å². The van der Waals surface area contributed by atoms with Crippen molar-refractivity contribution in [1.29, 1.82) is 0 Å². The lowest BCUT2D eigenvalue weighted by atomic mass is 9.89. The predicted molar refractivity (Wildman–Crippen MR) is 128 cm³/mol. The summed E-state index contributed by atoms with van der Waals surface area (Å²) in [6.45, 7) is 3.46. The van der Waals surface area contributed by atoms with Gasteiger partial charge >= 0.3 is 0 Å². The highest BCUT2D eigenvalue weighted by Gasteiger charge is 2.30. The number of benzene rings is 2. The van der Waals surface area contributed by atoms with Crippen molar-refractivity contribution < 1.29 is 18.8 Å². The van der Waals surface area contributed by atoms with E-state index in [1.54, 1.807) is 14.2 Å². The third-order valence-electron chi connectivity index (χ3n) is 7.17. The van der Waals surface area contributed by atoms with Crippen LogP contribution >= 0.6 is 0 Å². The fourth-order valence-corrected chi connectivity index (χ4v) is 5.11. The Labute approximate surface area is 191 Å². The van der Waals surface area contributed by atoms with Crippen LogP contribution in [0.1, 0.15) is 41.7 Å². The topological polar surface area (TPSA) is 40.5 Å². The first-order valence-electron chi connectivity index (χ1n) is 11.5. The summed E-state index contributed by atoms with van der Waals surface area (Å²) >= 11 is 0. The number of aromatic nitrogens is 1. The van der Waals surface area contributed by atoms with E-state index >= 15 is 0 Å². The molecule has 0 spiro atoms. The average Bonchev–Trinajstić information content (AvgIpc) is 3.13. The minimum Gasteiger partial charge on any atom is -0.493 e. The molecule has 5 nitrogen and oxygen atoms in total. The highest BCUT2D eigenvalue weighted by Crippen LogP contribution is 2.34. The second-order valence-corrected chi connectivity index (χ2v) is 9.47. The summed E-state index contributed by atoms with van der Waals surface area (Å²) in [7, 11) is 7.58. The molecule has 0 bridgehead atoms. The van der Waals surface area contributed by atoms with Crippen molar-refractivity contribution in [2.75, 3.05) is 34.4 Å². The van der Waals surface area contributed by atoms with Gasteiger partial charge in [-0.2, -0.15) is 0 Å². The van der Waals surface area contributed by atoms with Crippen LogP contribution in [-0.4, -0.2) is 49.2 Å². The fourth-order valence-electron chi connectivity index (χ4n) is 5.11. The molecule has 1 aliphatic rings. The van der Waals surface area contributed by atoms with Gasteiger partial charge in [0, 0.05) is 30.5 Å². The Balaban J connectivity index is 1.36. The molecule has 170 valence electrons. The molecule has 4 rings (SSSR count). The lowest BCUT2D eigenvalue weighted by Gasteiger charge is -2.40. The first-order valence-corrected chi connectivity index (χ1v) is 11.5. The number of rotatable bonds is 8. The number of methoxy groups -OCH3 is 2. The van der Waals surface area contributed by atoms with Gasteiger partial charge in [0.25, 0.3) is 0 Å². The summed E-state index contributed by atoms with van der Waals surface area (Å²) in [4.78, 5) is 13.1. The molecular formula is C27H35N2O3+. The maximum Gasteiger partial charge on any atom is 0.179 e. The second kappa shape index (κ2) is 9.37. The smallest absolute Gasteiger partial charge is 0.179 e. The molecule has 3 aromatic rings. The summed E-state index contributed by atoms with van der Waals surface area (Å²) in [5, 5.41) is 1.00. The van der Waals surface area contributed by atoms with E-state index in [0.29, 0.717) is 23.8 Å². The molecule has 1 saturated heterocycles. The lowest BCUT2D eigenvalue weighted by Crippen LogP contribution is -2.49. The van der Waals surface area contributed by atoms with Crippen LogP contribution in [0.2, 0.25) is 0 Å². The number of carbonyl (C=O) groups excluding carboxylic acids is 1. The number of ether oxygens (including phenoxy) is 2. The molecule has 0 amide bonds. The van der Waals surface area contributed by atoms with Gasteiger partial charge in [-0.1, -0.05) is 30.3 Å². The Bertz CT molecular complexity index is 1080. The normalized spacial score (nSPS) is 20.9. The highest BCUT2D eigenvalue weighted by molar-refractivity contribution is 6.00. The summed E-state index contributed by atoms with van der Waals surface area (Å²) < 4.78 is 13.9. The molecule has 0 aliphatic carbocycles.